The van der Waals surface area contributed by atoms with Crippen LogP contribution in [0.3, 0.4) is 0 Å². The molecule has 11 heteroatoms. The van der Waals surface area contributed by atoms with Crippen LogP contribution in [0, 0.1) is 5.92 Å². The molecule has 0 bridgehead atoms. The van der Waals surface area contributed by atoms with E-state index in [1.807, 2.05) is 0 Å². The highest BCUT2D eigenvalue weighted by atomic mass is 35.5. The van der Waals surface area contributed by atoms with Crippen LogP contribution < -0.4 is 21.3 Å². The zero-order valence-corrected chi connectivity index (χ0v) is 20.9. The maximum Gasteiger partial charge on any atom is 0.326 e. The van der Waals surface area contributed by atoms with Gasteiger partial charge in [0.2, 0.25) is 5.91 Å². The largest absolute Gasteiger partial charge is 0.480 e. The Hall–Kier alpha value is -3.30. The third kappa shape index (κ3) is 6.47. The van der Waals surface area contributed by atoms with E-state index < -0.39 is 17.9 Å². The number of nitrogens with one attached hydrogen (secondary N) is 4. The van der Waals surface area contributed by atoms with E-state index in [4.69, 9.17) is 23.2 Å². The van der Waals surface area contributed by atoms with Crippen molar-refractivity contribution >= 4 is 52.6 Å². The number of rotatable bonds is 8. The van der Waals surface area contributed by atoms with E-state index in [1.54, 1.807) is 30.3 Å². The molecule has 0 spiro atoms. The van der Waals surface area contributed by atoms with Gasteiger partial charge in [-0.25, -0.2) is 4.79 Å². The maximum absolute atomic E-state index is 12.7. The molecule has 1 aliphatic carbocycles. The van der Waals surface area contributed by atoms with Crippen LogP contribution in [0.15, 0.2) is 47.5 Å². The molecule has 3 atom stereocenters. The Kier molecular flexibility index (Phi) is 8.32. The molecule has 0 radical (unpaired) electrons. The number of amides is 2. The zero-order valence-electron chi connectivity index (χ0n) is 19.4. The maximum atomic E-state index is 12.7. The van der Waals surface area contributed by atoms with E-state index in [0.29, 0.717) is 11.3 Å². The van der Waals surface area contributed by atoms with Gasteiger partial charge in [0, 0.05) is 30.6 Å². The number of carboxylic acid groups (broad SMARTS) is 1. The van der Waals surface area contributed by atoms with Gasteiger partial charge in [0.05, 0.1) is 22.2 Å². The van der Waals surface area contributed by atoms with E-state index >= 15 is 0 Å². The van der Waals surface area contributed by atoms with Crippen LogP contribution in [0.5, 0.6) is 0 Å². The van der Waals surface area contributed by atoms with Gasteiger partial charge >= 0.3 is 5.97 Å². The number of guanidine groups is 1. The number of nitrogens with zero attached hydrogens (tertiary/aromatic N) is 1. The van der Waals surface area contributed by atoms with Gasteiger partial charge in [-0.3, -0.25) is 14.6 Å². The van der Waals surface area contributed by atoms with Crippen molar-refractivity contribution in [3.8, 4) is 0 Å². The van der Waals surface area contributed by atoms with Gasteiger partial charge in [0.15, 0.2) is 5.96 Å². The molecular formula is C25H27Cl2N5O4. The van der Waals surface area contributed by atoms with Gasteiger partial charge in [-0.2, -0.15) is 0 Å². The molecule has 5 N–H and O–H groups in total. The SMILES string of the molecule is O=C(N[C@@H](Cc1ccc(NC(=O)[C@H]2CC[C@@H](NC3=NCCN3)C2)cc1)C(=O)O)c1c(Cl)cccc1Cl. The number of carbonyl (C=O) groups excluding carboxylic acids is 2. The van der Waals surface area contributed by atoms with Crippen LogP contribution in [-0.2, 0) is 16.0 Å². The molecule has 0 unspecified atom stereocenters. The van der Waals surface area contributed by atoms with Crippen LogP contribution in [0.25, 0.3) is 0 Å². The van der Waals surface area contributed by atoms with Crippen molar-refractivity contribution in [1.82, 2.24) is 16.0 Å². The summed E-state index contributed by atoms with van der Waals surface area (Å²) >= 11 is 12.1. The number of hydrogen-bond acceptors (Lipinski definition) is 6. The molecule has 36 heavy (non-hydrogen) atoms. The predicted octanol–water partition coefficient (Wildman–Crippen LogP) is 3.08. The van der Waals surface area contributed by atoms with Crippen LogP contribution in [-0.4, -0.2) is 54.0 Å². The number of aliphatic carboxylic acids is 1. The molecule has 4 rings (SSSR count). The van der Waals surface area contributed by atoms with Gasteiger partial charge in [-0.15, -0.1) is 0 Å². The summed E-state index contributed by atoms with van der Waals surface area (Å²) in [5, 5.41) is 21.9. The molecule has 2 aromatic rings. The Bertz CT molecular complexity index is 1150. The Morgan fingerprint density at radius 2 is 1.81 bits per heavy atom. The van der Waals surface area contributed by atoms with Gasteiger partial charge in [0.1, 0.15) is 6.04 Å². The minimum absolute atomic E-state index is 0.0296. The van der Waals surface area contributed by atoms with Crippen LogP contribution in [0.1, 0.15) is 35.2 Å². The fourth-order valence-corrected chi connectivity index (χ4v) is 4.96. The number of carboxylic acids is 1. The number of hydrogen-bond donors (Lipinski definition) is 5. The van der Waals surface area contributed by atoms with E-state index in [9.17, 15) is 19.5 Å². The first-order chi connectivity index (χ1) is 17.3. The molecule has 0 saturated heterocycles. The number of aliphatic imine (C=N–C) groups is 1. The van der Waals surface area contributed by atoms with Gasteiger partial charge in [-0.1, -0.05) is 41.4 Å². The minimum atomic E-state index is -1.19. The molecule has 1 fully saturated rings. The molecule has 1 aliphatic heterocycles. The van der Waals surface area contributed by atoms with Crippen LogP contribution >= 0.6 is 23.2 Å². The third-order valence-corrected chi connectivity index (χ3v) is 6.90. The van der Waals surface area contributed by atoms with Gasteiger partial charge in [-0.05, 0) is 49.1 Å². The van der Waals surface area contributed by atoms with Crippen molar-refractivity contribution in [3.63, 3.8) is 0 Å². The second kappa shape index (κ2) is 11.6. The Morgan fingerprint density at radius 3 is 2.44 bits per heavy atom. The summed E-state index contributed by atoms with van der Waals surface area (Å²) < 4.78 is 0. The highest BCUT2D eigenvalue weighted by Gasteiger charge is 2.31. The monoisotopic (exact) mass is 531 g/mol. The fraction of sp³-hybridized carbons (Fsp3) is 0.360. The quantitative estimate of drug-likeness (QED) is 0.355. The summed E-state index contributed by atoms with van der Waals surface area (Å²) in [6.45, 7) is 1.61. The molecule has 0 aromatic heterocycles. The average molecular weight is 532 g/mol. The molecule has 1 heterocycles. The molecule has 1 saturated carbocycles. The summed E-state index contributed by atoms with van der Waals surface area (Å²) in [4.78, 5) is 41.5. The molecule has 2 aromatic carbocycles. The van der Waals surface area contributed by atoms with Crippen molar-refractivity contribution in [2.45, 2.75) is 37.8 Å². The van der Waals surface area contributed by atoms with Crippen molar-refractivity contribution < 1.29 is 19.5 Å². The summed E-state index contributed by atoms with van der Waals surface area (Å²) in [5.74, 6) is -1.18. The number of benzene rings is 2. The normalized spacial score (nSPS) is 19.7. The van der Waals surface area contributed by atoms with Crippen LogP contribution in [0.2, 0.25) is 10.0 Å². The number of carbonyl (C=O) groups is 3. The van der Waals surface area contributed by atoms with E-state index in [1.165, 1.54) is 12.1 Å². The van der Waals surface area contributed by atoms with E-state index in [2.05, 4.69) is 26.3 Å². The van der Waals surface area contributed by atoms with Crippen molar-refractivity contribution in [2.24, 2.45) is 10.9 Å². The predicted molar refractivity (Wildman–Crippen MR) is 139 cm³/mol. The highest BCUT2D eigenvalue weighted by Crippen LogP contribution is 2.27. The van der Waals surface area contributed by atoms with Gasteiger partial charge < -0.3 is 26.4 Å². The Balaban J connectivity index is 1.31. The Labute approximate surface area is 218 Å². The van der Waals surface area contributed by atoms with Crippen LogP contribution in [0.4, 0.5) is 5.69 Å². The lowest BCUT2D eigenvalue weighted by Crippen LogP contribution is -2.42. The smallest absolute Gasteiger partial charge is 0.326 e. The fourth-order valence-electron chi connectivity index (χ4n) is 4.39. The first kappa shape index (κ1) is 25.8. The number of halogens is 2. The first-order valence-corrected chi connectivity index (χ1v) is 12.5. The van der Waals surface area contributed by atoms with Crippen molar-refractivity contribution in [2.75, 3.05) is 18.4 Å². The second-order valence-corrected chi connectivity index (χ2v) is 9.67. The van der Waals surface area contributed by atoms with E-state index in [0.717, 1.165) is 38.3 Å². The lowest BCUT2D eigenvalue weighted by Gasteiger charge is -2.17. The van der Waals surface area contributed by atoms with Crippen molar-refractivity contribution in [3.05, 3.63) is 63.6 Å². The summed E-state index contributed by atoms with van der Waals surface area (Å²) in [7, 11) is 0. The summed E-state index contributed by atoms with van der Waals surface area (Å²) in [6, 6.07) is 10.5. The topological polar surface area (TPSA) is 132 Å². The third-order valence-electron chi connectivity index (χ3n) is 6.27. The summed E-state index contributed by atoms with van der Waals surface area (Å²) in [6.07, 6.45) is 2.48. The van der Waals surface area contributed by atoms with Gasteiger partial charge in [0.25, 0.3) is 5.91 Å². The van der Waals surface area contributed by atoms with E-state index in [-0.39, 0.29) is 39.9 Å². The lowest BCUT2D eigenvalue weighted by atomic mass is 10.0. The molecule has 9 nitrogen and oxygen atoms in total. The highest BCUT2D eigenvalue weighted by molar-refractivity contribution is 6.39. The standard InChI is InChI=1S/C25H27Cl2N5O4/c26-18-2-1-3-19(27)21(18)23(34)32-20(24(35)36)12-14-4-7-16(8-5-14)30-22(33)15-6-9-17(13-15)31-25-28-10-11-29-25/h1-5,7-8,15,17,20H,6,9-13H2,(H,30,33)(H,32,34)(H,35,36)(H2,28,29,31)/t15-,17+,20-/m0/s1. The second-order valence-electron chi connectivity index (χ2n) is 8.86. The zero-order chi connectivity index (χ0) is 25.7. The first-order valence-electron chi connectivity index (χ1n) is 11.7. The molecule has 190 valence electrons. The molecule has 2 aliphatic rings. The summed E-state index contributed by atoms with van der Waals surface area (Å²) in [5.41, 5.74) is 1.34. The minimum Gasteiger partial charge on any atom is -0.480 e. The van der Waals surface area contributed by atoms with Crippen molar-refractivity contribution in [1.29, 1.82) is 0 Å². The molecule has 2 amide bonds. The average Bonchev–Trinajstić information content (AvgIpc) is 3.52. The Morgan fingerprint density at radius 1 is 1.08 bits per heavy atom. The molecular weight excluding hydrogens is 505 g/mol. The number of anilines is 1. The lowest BCUT2D eigenvalue weighted by molar-refractivity contribution is -0.139.